The molecule has 0 aliphatic heterocycles. The fourth-order valence-corrected chi connectivity index (χ4v) is 0. The molecule has 0 unspecified atom stereocenters. The van der Waals surface area contributed by atoms with Crippen molar-refractivity contribution < 1.29 is 21.7 Å². The van der Waals surface area contributed by atoms with E-state index in [4.69, 9.17) is 0 Å². The summed E-state index contributed by atoms with van der Waals surface area (Å²) in [5.74, 6) is 0. The minimum Gasteiger partial charge on any atom is -0.343 e. The SMILES string of the molecule is [CH2-]CCC.[CH2-]CCC.[Ti+2]. The molecule has 0 aromatic rings. The second-order valence-electron chi connectivity index (χ2n) is 1.71. The van der Waals surface area contributed by atoms with E-state index in [9.17, 15) is 0 Å². The molecule has 54 valence electrons. The van der Waals surface area contributed by atoms with Gasteiger partial charge in [0, 0.05) is 0 Å². The summed E-state index contributed by atoms with van der Waals surface area (Å²) in [4.78, 5) is 0. The maximum Gasteiger partial charge on any atom is 2.00 e. The fraction of sp³-hybridized carbons (Fsp3) is 0.750. The molecule has 0 N–H and O–H groups in total. The van der Waals surface area contributed by atoms with Gasteiger partial charge in [-0.15, -0.1) is 0 Å². The number of hydrogen-bond acceptors (Lipinski definition) is 0. The molecule has 0 saturated heterocycles. The van der Waals surface area contributed by atoms with Crippen molar-refractivity contribution in [3.8, 4) is 0 Å². The Balaban J connectivity index is -0.0000000720. The molecule has 0 nitrogen and oxygen atoms in total. The van der Waals surface area contributed by atoms with Crippen LogP contribution in [0.1, 0.15) is 39.5 Å². The quantitative estimate of drug-likeness (QED) is 0.432. The third kappa shape index (κ3) is 53.3. The first kappa shape index (κ1) is 16.4. The van der Waals surface area contributed by atoms with Crippen molar-refractivity contribution in [2.75, 3.05) is 0 Å². The second-order valence-corrected chi connectivity index (χ2v) is 1.71. The molecule has 0 fully saturated rings. The summed E-state index contributed by atoms with van der Waals surface area (Å²) in [5.41, 5.74) is 0. The summed E-state index contributed by atoms with van der Waals surface area (Å²) in [6, 6.07) is 0. The summed E-state index contributed by atoms with van der Waals surface area (Å²) in [5, 5.41) is 0. The smallest absolute Gasteiger partial charge is 0.343 e. The fourth-order valence-electron chi connectivity index (χ4n) is 0. The molecule has 0 aromatic carbocycles. The van der Waals surface area contributed by atoms with Crippen LogP contribution in [0.2, 0.25) is 0 Å². The monoisotopic (exact) mass is 162 g/mol. The molecule has 0 aliphatic carbocycles. The molecule has 0 bridgehead atoms. The summed E-state index contributed by atoms with van der Waals surface area (Å²) < 4.78 is 0. The van der Waals surface area contributed by atoms with E-state index in [2.05, 4.69) is 27.7 Å². The van der Waals surface area contributed by atoms with Gasteiger partial charge in [-0.3, -0.25) is 0 Å². The van der Waals surface area contributed by atoms with Gasteiger partial charge in [-0.1, -0.05) is 26.7 Å². The first-order valence-electron chi connectivity index (χ1n) is 3.41. The summed E-state index contributed by atoms with van der Waals surface area (Å²) in [6.07, 6.45) is 4.56. The third-order valence-electron chi connectivity index (χ3n) is 0.707. The van der Waals surface area contributed by atoms with Gasteiger partial charge in [-0.05, 0) is 0 Å². The van der Waals surface area contributed by atoms with Crippen molar-refractivity contribution in [3.05, 3.63) is 13.8 Å². The first-order chi connectivity index (χ1) is 3.83. The largest absolute Gasteiger partial charge is 2.00 e. The Morgan fingerprint density at radius 3 is 1.00 bits per heavy atom. The van der Waals surface area contributed by atoms with Gasteiger partial charge in [0.15, 0.2) is 0 Å². The molecular formula is C8H18Ti. The van der Waals surface area contributed by atoms with E-state index in [1.807, 2.05) is 0 Å². The van der Waals surface area contributed by atoms with Crippen LogP contribution in [-0.4, -0.2) is 0 Å². The van der Waals surface area contributed by atoms with Crippen LogP contribution in [0.15, 0.2) is 0 Å². The van der Waals surface area contributed by atoms with Crippen molar-refractivity contribution in [1.82, 2.24) is 0 Å². The van der Waals surface area contributed by atoms with Gasteiger partial charge in [0.1, 0.15) is 0 Å². The van der Waals surface area contributed by atoms with Gasteiger partial charge in [-0.25, -0.2) is 0 Å². The van der Waals surface area contributed by atoms with Crippen molar-refractivity contribution in [2.24, 2.45) is 0 Å². The molecule has 0 amide bonds. The Morgan fingerprint density at radius 2 is 1.00 bits per heavy atom. The van der Waals surface area contributed by atoms with Gasteiger partial charge in [0.25, 0.3) is 0 Å². The Kier molecular flexibility index (Phi) is 42.4. The molecule has 0 saturated carbocycles. The van der Waals surface area contributed by atoms with Crippen LogP contribution >= 0.6 is 0 Å². The molecular weight excluding hydrogens is 144 g/mol. The predicted molar refractivity (Wildman–Crippen MR) is 40.5 cm³/mol. The van der Waals surface area contributed by atoms with Crippen LogP contribution < -0.4 is 0 Å². The molecule has 0 atom stereocenters. The number of unbranched alkanes of at least 4 members (excludes halogenated alkanes) is 2. The van der Waals surface area contributed by atoms with Gasteiger partial charge in [0.05, 0.1) is 0 Å². The molecule has 9 heavy (non-hydrogen) atoms. The zero-order chi connectivity index (χ0) is 6.83. The molecule has 0 aromatic heterocycles. The average molecular weight is 162 g/mol. The van der Waals surface area contributed by atoms with Crippen LogP contribution in [-0.2, 0) is 21.7 Å². The van der Waals surface area contributed by atoms with Gasteiger partial charge < -0.3 is 13.8 Å². The van der Waals surface area contributed by atoms with Crippen LogP contribution in [0.25, 0.3) is 0 Å². The zero-order valence-corrected chi connectivity index (χ0v) is 8.30. The van der Waals surface area contributed by atoms with Gasteiger partial charge >= 0.3 is 21.7 Å². The third-order valence-corrected chi connectivity index (χ3v) is 0.707. The zero-order valence-electron chi connectivity index (χ0n) is 6.74. The molecule has 0 spiro atoms. The molecule has 1 heteroatoms. The van der Waals surface area contributed by atoms with E-state index < -0.39 is 0 Å². The van der Waals surface area contributed by atoms with Gasteiger partial charge in [0.2, 0.25) is 0 Å². The van der Waals surface area contributed by atoms with E-state index in [0.717, 1.165) is 12.8 Å². The molecule has 0 heterocycles. The number of rotatable bonds is 2. The predicted octanol–water partition coefficient (Wildman–Crippen LogP) is 3.24. The van der Waals surface area contributed by atoms with E-state index >= 15 is 0 Å². The first-order valence-corrected chi connectivity index (χ1v) is 3.41. The average Bonchev–Trinajstić information content (AvgIpc) is 1.88. The van der Waals surface area contributed by atoms with Crippen LogP contribution in [0.3, 0.4) is 0 Å². The minimum absolute atomic E-state index is 0. The summed E-state index contributed by atoms with van der Waals surface area (Å²) >= 11 is 0. The van der Waals surface area contributed by atoms with E-state index in [0.29, 0.717) is 0 Å². The van der Waals surface area contributed by atoms with Crippen molar-refractivity contribution in [1.29, 1.82) is 0 Å². The van der Waals surface area contributed by atoms with Crippen molar-refractivity contribution in [3.63, 3.8) is 0 Å². The Morgan fingerprint density at radius 1 is 0.889 bits per heavy atom. The van der Waals surface area contributed by atoms with E-state index in [-0.39, 0.29) is 21.7 Å². The second kappa shape index (κ2) is 23.3. The maximum atomic E-state index is 3.60. The normalized spacial score (nSPS) is 6.67. The Bertz CT molecular complexity index is 12.5. The van der Waals surface area contributed by atoms with Gasteiger partial charge in [-0.2, -0.15) is 12.8 Å². The summed E-state index contributed by atoms with van der Waals surface area (Å²) in [6.45, 7) is 11.4. The number of hydrogen-bond donors (Lipinski definition) is 0. The van der Waals surface area contributed by atoms with Crippen LogP contribution in [0.5, 0.6) is 0 Å². The Labute approximate surface area is 75.3 Å². The molecule has 0 rings (SSSR count). The van der Waals surface area contributed by atoms with E-state index in [1.54, 1.807) is 0 Å². The van der Waals surface area contributed by atoms with E-state index in [1.165, 1.54) is 12.8 Å². The van der Waals surface area contributed by atoms with Crippen LogP contribution in [0.4, 0.5) is 0 Å². The van der Waals surface area contributed by atoms with Crippen molar-refractivity contribution >= 4 is 0 Å². The van der Waals surface area contributed by atoms with Crippen LogP contribution in [0, 0.1) is 13.8 Å². The molecule has 0 radical (unpaired) electrons. The molecule has 0 aliphatic rings. The van der Waals surface area contributed by atoms with Crippen molar-refractivity contribution in [2.45, 2.75) is 39.5 Å². The Hall–Kier alpha value is 0.714. The standard InChI is InChI=1S/2C4H9.Ti/c2*1-3-4-2;/h2*1,3-4H2,2H3;/q2*-1;+2. The minimum atomic E-state index is 0. The maximum absolute atomic E-state index is 3.60. The summed E-state index contributed by atoms with van der Waals surface area (Å²) in [7, 11) is 0. The topological polar surface area (TPSA) is 0 Å².